The molecule has 80 valence electrons. The SMILES string of the molecule is CC(C)N[C@H](CCO)Cc1ccsc1. The highest BCUT2D eigenvalue weighted by Crippen LogP contribution is 2.10. The molecule has 0 spiro atoms. The summed E-state index contributed by atoms with van der Waals surface area (Å²) < 4.78 is 0. The number of rotatable bonds is 6. The van der Waals surface area contributed by atoms with Crippen molar-refractivity contribution in [2.24, 2.45) is 0 Å². The normalized spacial score (nSPS) is 13.4. The molecule has 1 aromatic heterocycles. The van der Waals surface area contributed by atoms with E-state index in [0.29, 0.717) is 12.1 Å². The van der Waals surface area contributed by atoms with Crippen LogP contribution in [0.1, 0.15) is 25.8 Å². The van der Waals surface area contributed by atoms with E-state index in [1.807, 2.05) is 0 Å². The first-order chi connectivity index (χ1) is 6.72. The molecule has 1 rings (SSSR count). The zero-order chi connectivity index (χ0) is 10.4. The lowest BCUT2D eigenvalue weighted by Gasteiger charge is -2.19. The number of hydrogen-bond donors (Lipinski definition) is 2. The molecule has 0 saturated carbocycles. The van der Waals surface area contributed by atoms with E-state index in [2.05, 4.69) is 36.0 Å². The van der Waals surface area contributed by atoms with Crippen molar-refractivity contribution in [2.45, 2.75) is 38.8 Å². The summed E-state index contributed by atoms with van der Waals surface area (Å²) in [5, 5.41) is 16.7. The molecule has 0 fully saturated rings. The van der Waals surface area contributed by atoms with E-state index in [1.54, 1.807) is 11.3 Å². The summed E-state index contributed by atoms with van der Waals surface area (Å²) in [6.45, 7) is 4.53. The van der Waals surface area contributed by atoms with Gasteiger partial charge in [0.25, 0.3) is 0 Å². The van der Waals surface area contributed by atoms with Crippen LogP contribution in [0.2, 0.25) is 0 Å². The molecule has 0 aliphatic rings. The highest BCUT2D eigenvalue weighted by atomic mass is 32.1. The molecule has 0 saturated heterocycles. The van der Waals surface area contributed by atoms with Crippen molar-refractivity contribution in [3.05, 3.63) is 22.4 Å². The highest BCUT2D eigenvalue weighted by molar-refractivity contribution is 7.07. The topological polar surface area (TPSA) is 32.3 Å². The van der Waals surface area contributed by atoms with E-state index >= 15 is 0 Å². The third-order valence-electron chi connectivity index (χ3n) is 2.11. The molecule has 0 bridgehead atoms. The first-order valence-corrected chi connectivity index (χ1v) is 6.04. The Morgan fingerprint density at radius 3 is 2.79 bits per heavy atom. The van der Waals surface area contributed by atoms with Gasteiger partial charge in [0.1, 0.15) is 0 Å². The van der Waals surface area contributed by atoms with Crippen molar-refractivity contribution in [2.75, 3.05) is 6.61 Å². The van der Waals surface area contributed by atoms with Gasteiger partial charge < -0.3 is 10.4 Å². The van der Waals surface area contributed by atoms with Crippen LogP contribution in [0.4, 0.5) is 0 Å². The van der Waals surface area contributed by atoms with E-state index in [0.717, 1.165) is 12.8 Å². The Morgan fingerprint density at radius 2 is 2.29 bits per heavy atom. The molecule has 0 radical (unpaired) electrons. The van der Waals surface area contributed by atoms with Crippen LogP contribution in [-0.4, -0.2) is 23.8 Å². The summed E-state index contributed by atoms with van der Waals surface area (Å²) in [7, 11) is 0. The predicted octanol–water partition coefficient (Wildman–Crippen LogP) is 2.04. The molecular weight excluding hydrogens is 194 g/mol. The summed E-state index contributed by atoms with van der Waals surface area (Å²) in [5.41, 5.74) is 1.36. The molecule has 2 nitrogen and oxygen atoms in total. The maximum atomic E-state index is 8.94. The monoisotopic (exact) mass is 213 g/mol. The summed E-state index contributed by atoms with van der Waals surface area (Å²) in [6.07, 6.45) is 1.84. The number of aliphatic hydroxyl groups excluding tert-OH is 1. The van der Waals surface area contributed by atoms with Gasteiger partial charge >= 0.3 is 0 Å². The molecule has 0 aliphatic heterocycles. The van der Waals surface area contributed by atoms with E-state index in [1.165, 1.54) is 5.56 Å². The van der Waals surface area contributed by atoms with Crippen LogP contribution in [0.25, 0.3) is 0 Å². The van der Waals surface area contributed by atoms with Crippen molar-refractivity contribution in [3.63, 3.8) is 0 Å². The van der Waals surface area contributed by atoms with Crippen LogP contribution in [0, 0.1) is 0 Å². The Bertz CT molecular complexity index is 233. The Hall–Kier alpha value is -0.380. The molecule has 0 aliphatic carbocycles. The Morgan fingerprint density at radius 1 is 1.50 bits per heavy atom. The lowest BCUT2D eigenvalue weighted by Crippen LogP contribution is -2.37. The van der Waals surface area contributed by atoms with Gasteiger partial charge in [0, 0.05) is 18.7 Å². The zero-order valence-corrected chi connectivity index (χ0v) is 9.68. The van der Waals surface area contributed by atoms with Crippen LogP contribution in [0.3, 0.4) is 0 Å². The van der Waals surface area contributed by atoms with Gasteiger partial charge in [-0.25, -0.2) is 0 Å². The smallest absolute Gasteiger partial charge is 0.0445 e. The van der Waals surface area contributed by atoms with E-state index < -0.39 is 0 Å². The van der Waals surface area contributed by atoms with E-state index in [4.69, 9.17) is 5.11 Å². The minimum atomic E-state index is 0.258. The maximum absolute atomic E-state index is 8.94. The first-order valence-electron chi connectivity index (χ1n) is 5.10. The molecule has 2 N–H and O–H groups in total. The second kappa shape index (κ2) is 6.17. The molecule has 1 heterocycles. The lowest BCUT2D eigenvalue weighted by atomic mass is 10.1. The summed E-state index contributed by atoms with van der Waals surface area (Å²) in [5.74, 6) is 0. The third kappa shape index (κ3) is 4.22. The summed E-state index contributed by atoms with van der Waals surface area (Å²) >= 11 is 1.73. The first kappa shape index (κ1) is 11.7. The average molecular weight is 213 g/mol. The van der Waals surface area contributed by atoms with Gasteiger partial charge in [-0.15, -0.1) is 0 Å². The third-order valence-corrected chi connectivity index (χ3v) is 2.84. The summed E-state index contributed by atoms with van der Waals surface area (Å²) in [4.78, 5) is 0. The van der Waals surface area contributed by atoms with Crippen molar-refractivity contribution in [1.29, 1.82) is 0 Å². The second-order valence-electron chi connectivity index (χ2n) is 3.87. The summed E-state index contributed by atoms with van der Waals surface area (Å²) in [6, 6.07) is 3.02. The number of aliphatic hydroxyl groups is 1. The van der Waals surface area contributed by atoms with E-state index in [9.17, 15) is 0 Å². The van der Waals surface area contributed by atoms with Gasteiger partial charge in [0.15, 0.2) is 0 Å². The quantitative estimate of drug-likeness (QED) is 0.758. The fourth-order valence-corrected chi connectivity index (χ4v) is 2.25. The van der Waals surface area contributed by atoms with Crippen molar-refractivity contribution in [1.82, 2.24) is 5.32 Å². The Kier molecular flexibility index (Phi) is 5.15. The fourth-order valence-electron chi connectivity index (χ4n) is 1.56. The average Bonchev–Trinajstić information content (AvgIpc) is 2.56. The molecule has 0 aromatic carbocycles. The van der Waals surface area contributed by atoms with Gasteiger partial charge in [0.05, 0.1) is 0 Å². The van der Waals surface area contributed by atoms with Gasteiger partial charge in [-0.05, 0) is 35.2 Å². The zero-order valence-electron chi connectivity index (χ0n) is 8.86. The van der Waals surface area contributed by atoms with Gasteiger partial charge in [-0.3, -0.25) is 0 Å². The minimum Gasteiger partial charge on any atom is -0.396 e. The standard InChI is InChI=1S/C11H19NOS/c1-9(2)12-11(3-5-13)7-10-4-6-14-8-10/h4,6,8-9,11-13H,3,5,7H2,1-2H3/t11-/m1/s1. The molecule has 3 heteroatoms. The highest BCUT2D eigenvalue weighted by Gasteiger charge is 2.10. The van der Waals surface area contributed by atoms with Crippen molar-refractivity contribution in [3.8, 4) is 0 Å². The largest absolute Gasteiger partial charge is 0.396 e. The molecule has 14 heavy (non-hydrogen) atoms. The van der Waals surface area contributed by atoms with Crippen LogP contribution < -0.4 is 5.32 Å². The lowest BCUT2D eigenvalue weighted by molar-refractivity contribution is 0.260. The van der Waals surface area contributed by atoms with Gasteiger partial charge in [0.2, 0.25) is 0 Å². The fraction of sp³-hybridized carbons (Fsp3) is 0.636. The molecular formula is C11H19NOS. The molecule has 1 atom stereocenters. The molecule has 0 unspecified atom stereocenters. The van der Waals surface area contributed by atoms with E-state index in [-0.39, 0.29) is 6.61 Å². The molecule has 0 amide bonds. The van der Waals surface area contributed by atoms with Gasteiger partial charge in [-0.1, -0.05) is 13.8 Å². The predicted molar refractivity (Wildman–Crippen MR) is 61.8 cm³/mol. The Balaban J connectivity index is 2.42. The maximum Gasteiger partial charge on any atom is 0.0445 e. The van der Waals surface area contributed by atoms with Crippen molar-refractivity contribution < 1.29 is 5.11 Å². The van der Waals surface area contributed by atoms with Crippen LogP contribution in [-0.2, 0) is 6.42 Å². The molecule has 1 aromatic rings. The number of nitrogens with one attached hydrogen (secondary N) is 1. The minimum absolute atomic E-state index is 0.258. The number of hydrogen-bond acceptors (Lipinski definition) is 3. The van der Waals surface area contributed by atoms with Crippen LogP contribution in [0.15, 0.2) is 16.8 Å². The van der Waals surface area contributed by atoms with Crippen molar-refractivity contribution >= 4 is 11.3 Å². The van der Waals surface area contributed by atoms with Crippen LogP contribution >= 0.6 is 11.3 Å². The second-order valence-corrected chi connectivity index (χ2v) is 4.65. The van der Waals surface area contributed by atoms with Gasteiger partial charge in [-0.2, -0.15) is 11.3 Å². The number of thiophene rings is 1. The Labute approximate surface area is 90.0 Å². The van der Waals surface area contributed by atoms with Crippen LogP contribution in [0.5, 0.6) is 0 Å².